The van der Waals surface area contributed by atoms with Gasteiger partial charge in [0.05, 0.1) is 6.54 Å². The first kappa shape index (κ1) is 12.0. The van der Waals surface area contributed by atoms with E-state index in [1.54, 1.807) is 0 Å². The quantitative estimate of drug-likeness (QED) is 0.835. The Labute approximate surface area is 103 Å². The van der Waals surface area contributed by atoms with Crippen LogP contribution in [0.5, 0.6) is 0 Å². The van der Waals surface area contributed by atoms with Crippen molar-refractivity contribution in [1.29, 1.82) is 0 Å². The molecule has 0 saturated carbocycles. The van der Waals surface area contributed by atoms with Gasteiger partial charge in [0.25, 0.3) is 0 Å². The summed E-state index contributed by atoms with van der Waals surface area (Å²) < 4.78 is 0. The van der Waals surface area contributed by atoms with Crippen LogP contribution in [-0.2, 0) is 0 Å². The topological polar surface area (TPSA) is 36.4 Å². The number of aliphatic imine (C=N–C) groups is 1. The molecule has 3 nitrogen and oxygen atoms in total. The predicted molar refractivity (Wildman–Crippen MR) is 72.5 cm³/mol. The first-order valence-electron chi connectivity index (χ1n) is 6.26. The SMILES string of the molecule is Cc1cccc(C(C)CNC2=NCC(C)N2)c1. The Morgan fingerprint density at radius 2 is 2.35 bits per heavy atom. The number of rotatable bonds is 3. The third-order valence-electron chi connectivity index (χ3n) is 3.09. The molecule has 0 radical (unpaired) electrons. The van der Waals surface area contributed by atoms with Crippen molar-refractivity contribution in [2.75, 3.05) is 13.1 Å². The van der Waals surface area contributed by atoms with Crippen LogP contribution in [0.1, 0.15) is 30.9 Å². The lowest BCUT2D eigenvalue weighted by atomic mass is 9.99. The maximum Gasteiger partial charge on any atom is 0.191 e. The van der Waals surface area contributed by atoms with Crippen LogP contribution in [0.4, 0.5) is 0 Å². The summed E-state index contributed by atoms with van der Waals surface area (Å²) in [6, 6.07) is 9.15. The van der Waals surface area contributed by atoms with E-state index in [4.69, 9.17) is 0 Å². The average Bonchev–Trinajstić information content (AvgIpc) is 2.72. The van der Waals surface area contributed by atoms with Crippen molar-refractivity contribution in [2.24, 2.45) is 4.99 Å². The standard InChI is InChI=1S/C14H21N3/c1-10-5-4-6-13(7-10)11(2)8-15-14-16-9-12(3)17-14/h4-7,11-12H,8-9H2,1-3H3,(H2,15,16,17). The number of benzene rings is 1. The summed E-state index contributed by atoms with van der Waals surface area (Å²) in [5.41, 5.74) is 2.70. The molecule has 0 aliphatic carbocycles. The van der Waals surface area contributed by atoms with Crippen LogP contribution < -0.4 is 10.6 Å². The van der Waals surface area contributed by atoms with Gasteiger partial charge in [0.2, 0.25) is 0 Å². The largest absolute Gasteiger partial charge is 0.356 e. The smallest absolute Gasteiger partial charge is 0.191 e. The van der Waals surface area contributed by atoms with E-state index >= 15 is 0 Å². The molecule has 92 valence electrons. The molecule has 1 aromatic carbocycles. The number of aryl methyl sites for hydroxylation is 1. The first-order chi connectivity index (χ1) is 8.15. The molecule has 2 rings (SSSR count). The van der Waals surface area contributed by atoms with Crippen LogP contribution >= 0.6 is 0 Å². The Hall–Kier alpha value is -1.51. The summed E-state index contributed by atoms with van der Waals surface area (Å²) in [6.45, 7) is 8.31. The van der Waals surface area contributed by atoms with Gasteiger partial charge in [-0.3, -0.25) is 4.99 Å². The second-order valence-electron chi connectivity index (χ2n) is 4.93. The number of nitrogens with zero attached hydrogens (tertiary/aromatic N) is 1. The predicted octanol–water partition coefficient (Wildman–Crippen LogP) is 2.04. The molecular formula is C14H21N3. The van der Waals surface area contributed by atoms with E-state index in [1.165, 1.54) is 11.1 Å². The van der Waals surface area contributed by atoms with Crippen LogP contribution in [0.25, 0.3) is 0 Å². The van der Waals surface area contributed by atoms with E-state index in [9.17, 15) is 0 Å². The summed E-state index contributed by atoms with van der Waals surface area (Å²) in [4.78, 5) is 4.39. The lowest BCUT2D eigenvalue weighted by molar-refractivity contribution is 0.685. The third kappa shape index (κ3) is 3.22. The summed E-state index contributed by atoms with van der Waals surface area (Å²) in [5.74, 6) is 1.44. The van der Waals surface area contributed by atoms with E-state index in [-0.39, 0.29) is 0 Å². The van der Waals surface area contributed by atoms with Gasteiger partial charge in [-0.05, 0) is 25.3 Å². The van der Waals surface area contributed by atoms with Crippen molar-refractivity contribution in [3.8, 4) is 0 Å². The van der Waals surface area contributed by atoms with Crippen molar-refractivity contribution in [2.45, 2.75) is 32.7 Å². The molecule has 17 heavy (non-hydrogen) atoms. The maximum absolute atomic E-state index is 4.39. The van der Waals surface area contributed by atoms with E-state index < -0.39 is 0 Å². The van der Waals surface area contributed by atoms with Crippen LogP contribution in [0.15, 0.2) is 29.3 Å². The zero-order chi connectivity index (χ0) is 12.3. The van der Waals surface area contributed by atoms with Crippen LogP contribution in [-0.4, -0.2) is 25.1 Å². The van der Waals surface area contributed by atoms with E-state index in [0.29, 0.717) is 12.0 Å². The molecule has 1 aliphatic heterocycles. The molecule has 1 aliphatic rings. The first-order valence-corrected chi connectivity index (χ1v) is 6.26. The molecule has 0 fully saturated rings. The van der Waals surface area contributed by atoms with Gasteiger partial charge in [0.1, 0.15) is 0 Å². The number of guanidine groups is 1. The minimum absolute atomic E-state index is 0.465. The molecule has 0 bridgehead atoms. The van der Waals surface area contributed by atoms with Gasteiger partial charge >= 0.3 is 0 Å². The van der Waals surface area contributed by atoms with Crippen LogP contribution in [0.2, 0.25) is 0 Å². The minimum Gasteiger partial charge on any atom is -0.356 e. The van der Waals surface area contributed by atoms with E-state index in [1.807, 2.05) is 0 Å². The maximum atomic E-state index is 4.39. The highest BCUT2D eigenvalue weighted by molar-refractivity contribution is 5.81. The monoisotopic (exact) mass is 231 g/mol. The van der Waals surface area contributed by atoms with Gasteiger partial charge in [-0.15, -0.1) is 0 Å². The molecule has 0 amide bonds. The van der Waals surface area contributed by atoms with E-state index in [2.05, 4.69) is 60.7 Å². The van der Waals surface area contributed by atoms with Crippen LogP contribution in [0.3, 0.4) is 0 Å². The molecule has 2 atom stereocenters. The highest BCUT2D eigenvalue weighted by Gasteiger charge is 2.13. The Morgan fingerprint density at radius 1 is 1.53 bits per heavy atom. The van der Waals surface area contributed by atoms with Gasteiger partial charge < -0.3 is 10.6 Å². The van der Waals surface area contributed by atoms with Gasteiger partial charge in [-0.1, -0.05) is 36.8 Å². The van der Waals surface area contributed by atoms with Crippen molar-refractivity contribution in [3.63, 3.8) is 0 Å². The second kappa shape index (κ2) is 5.21. The fourth-order valence-corrected chi connectivity index (χ4v) is 2.00. The van der Waals surface area contributed by atoms with E-state index in [0.717, 1.165) is 19.0 Å². The molecule has 2 N–H and O–H groups in total. The highest BCUT2D eigenvalue weighted by atomic mass is 15.2. The lowest BCUT2D eigenvalue weighted by Gasteiger charge is -2.15. The molecule has 1 aromatic rings. The molecule has 3 heteroatoms. The van der Waals surface area contributed by atoms with Gasteiger partial charge in [-0.25, -0.2) is 0 Å². The Morgan fingerprint density at radius 3 is 3.00 bits per heavy atom. The normalized spacial score (nSPS) is 20.6. The minimum atomic E-state index is 0.465. The molecule has 0 spiro atoms. The van der Waals surface area contributed by atoms with Gasteiger partial charge in [-0.2, -0.15) is 0 Å². The number of hydrogen-bond donors (Lipinski definition) is 2. The number of nitrogens with one attached hydrogen (secondary N) is 2. The molecule has 0 aromatic heterocycles. The Kier molecular flexibility index (Phi) is 3.67. The van der Waals surface area contributed by atoms with Crippen molar-refractivity contribution in [1.82, 2.24) is 10.6 Å². The summed E-state index contributed by atoms with van der Waals surface area (Å²) in [6.07, 6.45) is 0. The average molecular weight is 231 g/mol. The zero-order valence-corrected chi connectivity index (χ0v) is 10.8. The molecule has 1 heterocycles. The van der Waals surface area contributed by atoms with Crippen molar-refractivity contribution in [3.05, 3.63) is 35.4 Å². The number of hydrogen-bond acceptors (Lipinski definition) is 3. The summed E-state index contributed by atoms with van der Waals surface area (Å²) >= 11 is 0. The Bertz CT molecular complexity index is 412. The molecular weight excluding hydrogens is 210 g/mol. The fourth-order valence-electron chi connectivity index (χ4n) is 2.00. The third-order valence-corrected chi connectivity index (χ3v) is 3.09. The van der Waals surface area contributed by atoms with Crippen LogP contribution in [0, 0.1) is 6.92 Å². The van der Waals surface area contributed by atoms with Crippen molar-refractivity contribution >= 4 is 5.96 Å². The molecule has 0 saturated heterocycles. The molecule has 2 unspecified atom stereocenters. The Balaban J connectivity index is 1.87. The zero-order valence-electron chi connectivity index (χ0n) is 10.8. The second-order valence-corrected chi connectivity index (χ2v) is 4.93. The van der Waals surface area contributed by atoms with Gasteiger partial charge in [0.15, 0.2) is 5.96 Å². The van der Waals surface area contributed by atoms with Crippen molar-refractivity contribution < 1.29 is 0 Å². The highest BCUT2D eigenvalue weighted by Crippen LogP contribution is 2.15. The fraction of sp³-hybridized carbons (Fsp3) is 0.500. The summed E-state index contributed by atoms with van der Waals surface area (Å²) in [5, 5.41) is 6.68. The summed E-state index contributed by atoms with van der Waals surface area (Å²) in [7, 11) is 0. The van der Waals surface area contributed by atoms with Gasteiger partial charge in [0, 0.05) is 12.6 Å². The lowest BCUT2D eigenvalue weighted by Crippen LogP contribution is -2.39.